The first-order chi connectivity index (χ1) is 68.7. The van der Waals surface area contributed by atoms with Gasteiger partial charge in [-0.05, 0) is 209 Å². The van der Waals surface area contributed by atoms with Gasteiger partial charge < -0.3 is 44.9 Å². The highest BCUT2D eigenvalue weighted by atomic mass is 32.2. The van der Waals surface area contributed by atoms with Gasteiger partial charge >= 0.3 is 23.9 Å². The predicted octanol–water partition coefficient (Wildman–Crippen LogP) is 8.10. The van der Waals surface area contributed by atoms with Crippen molar-refractivity contribution in [2.75, 3.05) is 91.4 Å². The lowest BCUT2D eigenvalue weighted by molar-refractivity contribution is -0.155. The van der Waals surface area contributed by atoms with Gasteiger partial charge in [0.1, 0.15) is 19.8 Å². The van der Waals surface area contributed by atoms with E-state index in [4.69, 9.17) is 65.7 Å². The van der Waals surface area contributed by atoms with Crippen LogP contribution < -0.4 is 55.9 Å². The zero-order valence-corrected chi connectivity index (χ0v) is 94.7. The van der Waals surface area contributed by atoms with Gasteiger partial charge in [-0.25, -0.2) is 67.8 Å². The number of nitrogens with zero attached hydrogens (tertiary/aromatic N) is 6. The number of carbonyl (C=O) groups excluding carboxylic acids is 15. The van der Waals surface area contributed by atoms with Crippen molar-refractivity contribution in [1.82, 2.24) is 4.90 Å². The normalized spacial score (nSPS) is 19.4. The summed E-state index contributed by atoms with van der Waals surface area (Å²) in [5.74, 6) is -7.09. The molecule has 5 fully saturated rings. The molecule has 5 saturated heterocycles. The number of nitrogens with two attached hydrogens (primary N) is 6. The summed E-state index contributed by atoms with van der Waals surface area (Å²) < 4.78 is 131. The minimum absolute atomic E-state index is 0.0589. The van der Waals surface area contributed by atoms with Gasteiger partial charge in [0, 0.05) is 98.3 Å². The Morgan fingerprint density at radius 2 is 0.420 bits per heavy atom. The van der Waals surface area contributed by atoms with E-state index in [1.807, 2.05) is 104 Å². The third-order valence-corrected chi connectivity index (χ3v) is 30.8. The van der Waals surface area contributed by atoms with Gasteiger partial charge in [0.25, 0.3) is 0 Å². The Labute approximate surface area is 881 Å². The Bertz CT molecular complexity index is 5280. The van der Waals surface area contributed by atoms with Gasteiger partial charge in [-0.1, -0.05) is 118 Å². The van der Waals surface area contributed by atoms with Crippen molar-refractivity contribution < 1.29 is 148 Å². The number of benzene rings is 5. The highest BCUT2D eigenvalue weighted by Gasteiger charge is 2.48. The quantitative estimate of drug-likeness (QED) is 0.00944. The second-order valence-corrected chi connectivity index (χ2v) is 47.2. The highest BCUT2D eigenvalue weighted by Crippen LogP contribution is 2.38. The molecular weight excluding hydrogens is 2050 g/mol. The molecule has 5 aromatic carbocycles. The van der Waals surface area contributed by atoms with Gasteiger partial charge in [-0.3, -0.25) is 96.4 Å². The molecule has 49 heteroatoms. The summed E-state index contributed by atoms with van der Waals surface area (Å²) >= 11 is 0. The van der Waals surface area contributed by atoms with Crippen LogP contribution in [0.2, 0.25) is 0 Å². The Hall–Kier alpha value is -11.5. The van der Waals surface area contributed by atoms with Crippen LogP contribution in [-0.2, 0) is 141 Å². The van der Waals surface area contributed by atoms with Crippen LogP contribution in [0.1, 0.15) is 212 Å². The molecule has 10 atom stereocenters. The molecular formula is C101H154N12O32S5. The summed E-state index contributed by atoms with van der Waals surface area (Å²) in [6, 6.07) is 26.8. The fourth-order valence-corrected chi connectivity index (χ4v) is 15.3. The number of sulfonamides is 5. The number of carbonyl (C=O) groups is 15. The molecule has 5 aliphatic rings. The van der Waals surface area contributed by atoms with Crippen molar-refractivity contribution >= 4 is 167 Å². The Morgan fingerprint density at radius 3 is 0.533 bits per heavy atom. The third-order valence-electron chi connectivity index (χ3n) is 26.1. The minimum Gasteiger partial charge on any atom is -0.465 e. The number of aliphatic hydroxyl groups excluding tert-OH is 3. The smallest absolute Gasteiger partial charge is 0.311 e. The van der Waals surface area contributed by atoms with E-state index in [0.29, 0.717) is 54.6 Å². The van der Waals surface area contributed by atoms with E-state index in [1.54, 1.807) is 88.2 Å². The number of esters is 4. The van der Waals surface area contributed by atoms with Gasteiger partial charge in [0.2, 0.25) is 115 Å². The standard InChI is InChI=1S/5C12H14N2O4S.C9H18O3.C8H17NO2.C8H17NO.2C8H16O3/c5*1-7-8(2)12(16)14(11(7)15)9-3-5-10(6-4-9)19(13,17)18;1-4-9(2,3)8(11)12-7-5-6-10;1-4-8(2,3)7(10)11-6-5-9;1-6-8(2,3)7(10)9(4)5;2*1-4-8(2,3)7(10)11-6-5-9/h5*3-8H,1-2H3,(H2,13,17,18);10H,4-7H2,1-3H3;4-6,9H2,1-3H3;6H2,1-5H3;2*9H,4-6H2,1-3H3. The number of rotatable bonds is 29. The topological polar surface area (TPSA) is 700 Å². The Morgan fingerprint density at radius 1 is 0.273 bits per heavy atom. The summed E-state index contributed by atoms with van der Waals surface area (Å²) in [6.07, 6.45) is 4.46. The van der Waals surface area contributed by atoms with Gasteiger partial charge in [-0.2, -0.15) is 0 Å². The van der Waals surface area contributed by atoms with Crippen molar-refractivity contribution in [3.63, 3.8) is 0 Å². The van der Waals surface area contributed by atoms with E-state index in [1.165, 1.54) is 121 Å². The van der Waals surface area contributed by atoms with Crippen LogP contribution in [-0.4, -0.2) is 218 Å². The third kappa shape index (κ3) is 38.7. The van der Waals surface area contributed by atoms with E-state index < -0.39 is 66.4 Å². The van der Waals surface area contributed by atoms with Crippen molar-refractivity contribution in [2.24, 2.45) is 118 Å². The molecule has 10 unspecified atom stereocenters. The summed E-state index contributed by atoms with van der Waals surface area (Å²) in [7, 11) is -15.3. The molecule has 44 nitrogen and oxygen atoms in total. The lowest BCUT2D eigenvalue weighted by atomic mass is 9.89. The molecule has 0 aliphatic carbocycles. The fourth-order valence-electron chi connectivity index (χ4n) is 12.7. The molecule has 15 N–H and O–H groups in total. The summed E-state index contributed by atoms with van der Waals surface area (Å²) in [4.78, 5) is 182. The van der Waals surface area contributed by atoms with Crippen molar-refractivity contribution in [2.45, 2.75) is 236 Å². The number of ether oxygens (including phenoxy) is 4. The first-order valence-corrected chi connectivity index (χ1v) is 55.9. The number of anilines is 5. The molecule has 0 aromatic heterocycles. The highest BCUT2D eigenvalue weighted by molar-refractivity contribution is 7.90. The maximum absolute atomic E-state index is 12.0. The largest absolute Gasteiger partial charge is 0.465 e. The van der Waals surface area contributed by atoms with E-state index >= 15 is 0 Å². The maximum Gasteiger partial charge on any atom is 0.311 e. The van der Waals surface area contributed by atoms with Crippen LogP contribution >= 0.6 is 0 Å². The van der Waals surface area contributed by atoms with E-state index in [-0.39, 0.29) is 216 Å². The summed E-state index contributed by atoms with van der Waals surface area (Å²) in [6.45, 7) is 46.6. The zero-order chi connectivity index (χ0) is 117. The second-order valence-electron chi connectivity index (χ2n) is 39.4. The number of primary sulfonamides is 5. The van der Waals surface area contributed by atoms with Crippen LogP contribution in [0.5, 0.6) is 0 Å². The average Bonchev–Trinajstić information content (AvgIpc) is 1.66. The molecule has 5 aliphatic heterocycles. The predicted molar refractivity (Wildman–Crippen MR) is 561 cm³/mol. The average molecular weight is 2210 g/mol. The van der Waals surface area contributed by atoms with Crippen LogP contribution in [0.15, 0.2) is 146 Å². The van der Waals surface area contributed by atoms with Crippen LogP contribution in [0.4, 0.5) is 28.4 Å². The fraction of sp³-hybridized carbons (Fsp3) is 0.554. The van der Waals surface area contributed by atoms with E-state index in [9.17, 15) is 114 Å². The van der Waals surface area contributed by atoms with Crippen molar-refractivity contribution in [3.05, 3.63) is 121 Å². The van der Waals surface area contributed by atoms with Gasteiger partial charge in [-0.15, -0.1) is 0 Å². The first-order valence-electron chi connectivity index (χ1n) is 48.2. The Balaban J connectivity index is 0.000000842. The SMILES string of the molecule is CC1C(=O)N(c2ccc(S(N)(=O)=O)cc2)C(=O)C1C.CC1C(=O)N(c2ccc(S(N)(=O)=O)cc2)C(=O)C1C.CC1C(=O)N(c2ccc(S(N)(=O)=O)cc2)C(=O)C1C.CC1C(=O)N(c2ccc(S(N)(=O)=O)cc2)C(=O)C1C.CC1C(=O)N(c2ccc(S(N)(=O)=O)cc2)C(=O)C1C.CCC(C)(C)C(=O)N(C)C.CCC(C)(C)C(=O)OCCCO.CCC(C)(C)C(=O)OCCN.CCC(C)(C)C(=O)OCCO.CCC(C)(C)C(=O)OCCO. The zero-order valence-electron chi connectivity index (χ0n) is 90.6. The lowest BCUT2D eigenvalue weighted by Gasteiger charge is -2.25. The van der Waals surface area contributed by atoms with Gasteiger partial charge in [0.15, 0.2) is 0 Å². The molecule has 840 valence electrons. The van der Waals surface area contributed by atoms with E-state index in [0.717, 1.165) is 56.6 Å². The minimum atomic E-state index is -3.78. The molecule has 10 rings (SSSR count). The molecule has 5 aromatic rings. The maximum atomic E-state index is 12.0. The van der Waals surface area contributed by atoms with E-state index in [2.05, 4.69) is 0 Å². The number of hydrogen-bond donors (Lipinski definition) is 9. The van der Waals surface area contributed by atoms with Crippen LogP contribution in [0.25, 0.3) is 0 Å². The number of hydrogen-bond acceptors (Lipinski definition) is 33. The van der Waals surface area contributed by atoms with Crippen molar-refractivity contribution in [3.8, 4) is 0 Å². The number of imide groups is 5. The van der Waals surface area contributed by atoms with Crippen LogP contribution in [0, 0.1) is 86.3 Å². The summed E-state index contributed by atoms with van der Waals surface area (Å²) in [5, 5.41) is 50.1. The molecule has 0 radical (unpaired) electrons. The molecule has 0 bridgehead atoms. The van der Waals surface area contributed by atoms with Gasteiger partial charge in [0.05, 0.1) is 94.4 Å². The molecule has 5 heterocycles. The second kappa shape index (κ2) is 58.4. The lowest BCUT2D eigenvalue weighted by Crippen LogP contribution is -2.35. The monoisotopic (exact) mass is 2210 g/mol. The first kappa shape index (κ1) is 137. The van der Waals surface area contributed by atoms with Crippen molar-refractivity contribution in [1.29, 1.82) is 0 Å². The number of amides is 11. The molecule has 11 amide bonds. The molecule has 0 spiro atoms. The molecule has 150 heavy (non-hydrogen) atoms. The summed E-state index contributed by atoms with van der Waals surface area (Å²) in [5.41, 5.74) is 5.19. The van der Waals surface area contributed by atoms with Crippen LogP contribution in [0.3, 0.4) is 0 Å². The molecule has 0 saturated carbocycles. The number of aliphatic hydroxyl groups is 3. The Kier molecular flexibility index (Phi) is 53.2.